The molecule has 0 aliphatic rings. The maximum Gasteiger partial charge on any atom is 0.251 e. The zero-order chi connectivity index (χ0) is 15.2. The van der Waals surface area contributed by atoms with Crippen molar-refractivity contribution in [3.8, 4) is 11.5 Å². The molecule has 0 saturated carbocycles. The first kappa shape index (κ1) is 15.4. The zero-order valence-electron chi connectivity index (χ0n) is 11.9. The third kappa shape index (κ3) is 3.98. The van der Waals surface area contributed by atoms with E-state index in [9.17, 15) is 4.79 Å². The van der Waals surface area contributed by atoms with Gasteiger partial charge in [-0.15, -0.1) is 0 Å². The molecule has 0 radical (unpaired) electrons. The molecule has 1 amide bonds. The lowest BCUT2D eigenvalue weighted by atomic mass is 10.2. The molecule has 0 bridgehead atoms. The molecule has 5 heteroatoms. The van der Waals surface area contributed by atoms with Crippen LogP contribution in [0.15, 0.2) is 46.9 Å². The van der Waals surface area contributed by atoms with Crippen molar-refractivity contribution in [1.82, 2.24) is 5.32 Å². The summed E-state index contributed by atoms with van der Waals surface area (Å²) >= 11 is 3.37. The minimum absolute atomic E-state index is 0.130. The number of amides is 1. The lowest BCUT2D eigenvalue weighted by Gasteiger charge is -2.08. The first-order chi connectivity index (χ1) is 10.1. The van der Waals surface area contributed by atoms with Crippen LogP contribution < -0.4 is 14.8 Å². The van der Waals surface area contributed by atoms with Crippen LogP contribution in [0.1, 0.15) is 15.9 Å². The summed E-state index contributed by atoms with van der Waals surface area (Å²) in [5, 5.41) is 2.88. The summed E-state index contributed by atoms with van der Waals surface area (Å²) in [6.45, 7) is 0.465. The van der Waals surface area contributed by atoms with E-state index in [1.165, 1.54) is 0 Å². The molecular formula is C16H16BrNO3. The van der Waals surface area contributed by atoms with Crippen molar-refractivity contribution in [2.75, 3.05) is 14.2 Å². The summed E-state index contributed by atoms with van der Waals surface area (Å²) in [6.07, 6.45) is 0. The highest BCUT2D eigenvalue weighted by Gasteiger charge is 2.08. The highest BCUT2D eigenvalue weighted by atomic mass is 79.9. The Morgan fingerprint density at radius 3 is 2.38 bits per heavy atom. The molecule has 0 aliphatic carbocycles. The Balaban J connectivity index is 1.99. The van der Waals surface area contributed by atoms with Gasteiger partial charge in [-0.3, -0.25) is 4.79 Å². The molecule has 4 nitrogen and oxygen atoms in total. The first-order valence-electron chi connectivity index (χ1n) is 6.38. The van der Waals surface area contributed by atoms with Crippen molar-refractivity contribution in [2.24, 2.45) is 0 Å². The second-order valence-corrected chi connectivity index (χ2v) is 5.23. The van der Waals surface area contributed by atoms with Crippen molar-refractivity contribution in [1.29, 1.82) is 0 Å². The number of halogens is 1. The van der Waals surface area contributed by atoms with Crippen LogP contribution in [-0.2, 0) is 6.54 Å². The molecule has 0 aliphatic heterocycles. The molecule has 21 heavy (non-hydrogen) atoms. The molecule has 2 aromatic carbocycles. The highest BCUT2D eigenvalue weighted by molar-refractivity contribution is 9.10. The van der Waals surface area contributed by atoms with Gasteiger partial charge < -0.3 is 14.8 Å². The molecule has 2 aromatic rings. The van der Waals surface area contributed by atoms with Gasteiger partial charge in [-0.05, 0) is 51.8 Å². The maximum atomic E-state index is 12.1. The Labute approximate surface area is 132 Å². The fourth-order valence-electron chi connectivity index (χ4n) is 1.84. The lowest BCUT2D eigenvalue weighted by Crippen LogP contribution is -2.22. The third-order valence-electron chi connectivity index (χ3n) is 3.03. The van der Waals surface area contributed by atoms with Gasteiger partial charge in [-0.1, -0.05) is 12.1 Å². The molecular weight excluding hydrogens is 334 g/mol. The number of methoxy groups -OCH3 is 2. The van der Waals surface area contributed by atoms with E-state index in [1.807, 2.05) is 24.3 Å². The number of hydrogen-bond acceptors (Lipinski definition) is 3. The van der Waals surface area contributed by atoms with E-state index in [-0.39, 0.29) is 5.91 Å². The van der Waals surface area contributed by atoms with E-state index >= 15 is 0 Å². The number of carbonyl (C=O) groups is 1. The summed E-state index contributed by atoms with van der Waals surface area (Å²) in [4.78, 5) is 12.1. The minimum Gasteiger partial charge on any atom is -0.497 e. The Kier molecular flexibility index (Phi) is 5.22. The Morgan fingerprint density at radius 1 is 1.10 bits per heavy atom. The average molecular weight is 350 g/mol. The predicted molar refractivity (Wildman–Crippen MR) is 84.9 cm³/mol. The van der Waals surface area contributed by atoms with E-state index in [0.717, 1.165) is 15.8 Å². The molecule has 0 fully saturated rings. The monoisotopic (exact) mass is 349 g/mol. The standard InChI is InChI=1S/C16H16BrNO3/c1-20-13-6-3-11(4-7-13)10-18-16(19)12-5-8-15(21-2)14(17)9-12/h3-9H,10H2,1-2H3,(H,18,19). The fraction of sp³-hybridized carbons (Fsp3) is 0.188. The van der Waals surface area contributed by atoms with Crippen LogP contribution in [0.25, 0.3) is 0 Å². The van der Waals surface area contributed by atoms with Crippen LogP contribution >= 0.6 is 15.9 Å². The van der Waals surface area contributed by atoms with Crippen LogP contribution in [0.4, 0.5) is 0 Å². The van der Waals surface area contributed by atoms with E-state index < -0.39 is 0 Å². The molecule has 1 N–H and O–H groups in total. The van der Waals surface area contributed by atoms with Crippen molar-refractivity contribution < 1.29 is 14.3 Å². The number of hydrogen-bond donors (Lipinski definition) is 1. The van der Waals surface area contributed by atoms with E-state index in [4.69, 9.17) is 9.47 Å². The second-order valence-electron chi connectivity index (χ2n) is 4.38. The minimum atomic E-state index is -0.130. The van der Waals surface area contributed by atoms with E-state index in [0.29, 0.717) is 17.9 Å². The number of nitrogens with one attached hydrogen (secondary N) is 1. The van der Waals surface area contributed by atoms with Crippen molar-refractivity contribution >= 4 is 21.8 Å². The summed E-state index contributed by atoms with van der Waals surface area (Å²) in [5.41, 5.74) is 1.59. The van der Waals surface area contributed by atoms with Gasteiger partial charge in [0.05, 0.1) is 18.7 Å². The Morgan fingerprint density at radius 2 is 1.81 bits per heavy atom. The van der Waals surface area contributed by atoms with Crippen LogP contribution in [0, 0.1) is 0 Å². The van der Waals surface area contributed by atoms with Crippen molar-refractivity contribution in [3.05, 3.63) is 58.1 Å². The molecule has 0 spiro atoms. The molecule has 0 unspecified atom stereocenters. The van der Waals surface area contributed by atoms with E-state index in [1.54, 1.807) is 32.4 Å². The first-order valence-corrected chi connectivity index (χ1v) is 7.18. The summed E-state index contributed by atoms with van der Waals surface area (Å²) in [5.74, 6) is 1.36. The summed E-state index contributed by atoms with van der Waals surface area (Å²) < 4.78 is 11.0. The van der Waals surface area contributed by atoms with Gasteiger partial charge in [0.15, 0.2) is 0 Å². The van der Waals surface area contributed by atoms with Crippen LogP contribution in [-0.4, -0.2) is 20.1 Å². The third-order valence-corrected chi connectivity index (χ3v) is 3.65. The second kappa shape index (κ2) is 7.13. The van der Waals surface area contributed by atoms with Crippen molar-refractivity contribution in [2.45, 2.75) is 6.54 Å². The fourth-order valence-corrected chi connectivity index (χ4v) is 2.38. The van der Waals surface area contributed by atoms with E-state index in [2.05, 4.69) is 21.2 Å². The molecule has 110 valence electrons. The number of ether oxygens (including phenoxy) is 2. The van der Waals surface area contributed by atoms with Gasteiger partial charge in [-0.25, -0.2) is 0 Å². The van der Waals surface area contributed by atoms with Gasteiger partial charge in [0, 0.05) is 12.1 Å². The Hall–Kier alpha value is -2.01. The summed E-state index contributed by atoms with van der Waals surface area (Å²) in [7, 11) is 3.21. The largest absolute Gasteiger partial charge is 0.497 e. The Bertz CT molecular complexity index is 626. The molecule has 0 heterocycles. The number of carbonyl (C=O) groups excluding carboxylic acids is 1. The van der Waals surface area contributed by atoms with Gasteiger partial charge in [-0.2, -0.15) is 0 Å². The summed E-state index contributed by atoms with van der Waals surface area (Å²) in [6, 6.07) is 12.8. The van der Waals surface area contributed by atoms with Gasteiger partial charge in [0.2, 0.25) is 0 Å². The molecule has 0 atom stereocenters. The van der Waals surface area contributed by atoms with Crippen LogP contribution in [0.3, 0.4) is 0 Å². The van der Waals surface area contributed by atoms with Crippen LogP contribution in [0.2, 0.25) is 0 Å². The smallest absolute Gasteiger partial charge is 0.251 e. The quantitative estimate of drug-likeness (QED) is 0.899. The molecule has 2 rings (SSSR count). The maximum absolute atomic E-state index is 12.1. The average Bonchev–Trinajstić information content (AvgIpc) is 2.53. The molecule has 0 aromatic heterocycles. The molecule has 0 saturated heterocycles. The number of benzene rings is 2. The van der Waals surface area contributed by atoms with Gasteiger partial charge in [0.25, 0.3) is 5.91 Å². The normalized spacial score (nSPS) is 10.0. The number of rotatable bonds is 5. The van der Waals surface area contributed by atoms with Crippen molar-refractivity contribution in [3.63, 3.8) is 0 Å². The van der Waals surface area contributed by atoms with Gasteiger partial charge >= 0.3 is 0 Å². The SMILES string of the molecule is COc1ccc(CNC(=O)c2ccc(OC)c(Br)c2)cc1. The topological polar surface area (TPSA) is 47.6 Å². The van der Waals surface area contributed by atoms with Crippen LogP contribution in [0.5, 0.6) is 11.5 Å². The zero-order valence-corrected chi connectivity index (χ0v) is 13.4. The lowest BCUT2D eigenvalue weighted by molar-refractivity contribution is 0.0951. The predicted octanol–water partition coefficient (Wildman–Crippen LogP) is 3.40. The van der Waals surface area contributed by atoms with Gasteiger partial charge in [0.1, 0.15) is 11.5 Å². The highest BCUT2D eigenvalue weighted by Crippen LogP contribution is 2.25.